The van der Waals surface area contributed by atoms with Crippen molar-refractivity contribution in [3.05, 3.63) is 92.2 Å². The smallest absolute Gasteiger partial charge is 0.295 e. The van der Waals surface area contributed by atoms with Gasteiger partial charge in [0.1, 0.15) is 5.58 Å². The first-order valence-corrected chi connectivity index (χ1v) is 11.2. The van der Waals surface area contributed by atoms with E-state index < -0.39 is 11.9 Å². The number of benzene rings is 3. The Morgan fingerprint density at radius 3 is 2.15 bits per heavy atom. The number of hydrogen-bond donors (Lipinski definition) is 0. The van der Waals surface area contributed by atoms with Crippen LogP contribution >= 0.6 is 15.9 Å². The van der Waals surface area contributed by atoms with E-state index in [9.17, 15) is 9.59 Å². The Balaban J connectivity index is 1.83. The highest BCUT2D eigenvalue weighted by Gasteiger charge is 2.44. The number of rotatable bonds is 5. The van der Waals surface area contributed by atoms with Crippen molar-refractivity contribution in [1.82, 2.24) is 0 Å². The van der Waals surface area contributed by atoms with Gasteiger partial charge in [-0.3, -0.25) is 14.5 Å². The third kappa shape index (κ3) is 3.33. The van der Waals surface area contributed by atoms with Crippen LogP contribution in [-0.2, 0) is 0 Å². The number of carbonyl (C=O) groups excluding carboxylic acids is 1. The summed E-state index contributed by atoms with van der Waals surface area (Å²) >= 11 is 3.43. The highest BCUT2D eigenvalue weighted by atomic mass is 79.9. The van der Waals surface area contributed by atoms with Crippen LogP contribution in [0.3, 0.4) is 0 Å². The van der Waals surface area contributed by atoms with Crippen molar-refractivity contribution in [2.45, 2.75) is 6.04 Å². The highest BCUT2D eigenvalue weighted by Crippen LogP contribution is 2.46. The zero-order valence-electron chi connectivity index (χ0n) is 18.6. The summed E-state index contributed by atoms with van der Waals surface area (Å²) in [4.78, 5) is 28.9. The van der Waals surface area contributed by atoms with Crippen LogP contribution in [0.15, 0.2) is 74.3 Å². The number of para-hydroxylation sites is 1. The summed E-state index contributed by atoms with van der Waals surface area (Å²) in [6, 6.07) is 16.9. The molecule has 0 spiro atoms. The molecule has 0 bridgehead atoms. The van der Waals surface area contributed by atoms with Crippen molar-refractivity contribution in [3.63, 3.8) is 0 Å². The predicted octanol–water partition coefficient (Wildman–Crippen LogP) is 5.33. The molecule has 0 saturated carbocycles. The van der Waals surface area contributed by atoms with Gasteiger partial charge in [-0.2, -0.15) is 0 Å². The normalized spacial score (nSPS) is 14.9. The minimum atomic E-state index is -0.766. The fourth-order valence-electron chi connectivity index (χ4n) is 4.36. The van der Waals surface area contributed by atoms with Crippen LogP contribution in [0.4, 0.5) is 5.69 Å². The second-order valence-corrected chi connectivity index (χ2v) is 8.60. The van der Waals surface area contributed by atoms with E-state index in [0.29, 0.717) is 39.5 Å². The van der Waals surface area contributed by atoms with Crippen molar-refractivity contribution < 1.29 is 23.4 Å². The number of nitrogens with zero attached hydrogens (tertiary/aromatic N) is 1. The molecule has 1 aliphatic heterocycles. The molecule has 1 aliphatic rings. The predicted molar refractivity (Wildman–Crippen MR) is 131 cm³/mol. The van der Waals surface area contributed by atoms with Gasteiger partial charge in [-0.1, -0.05) is 28.1 Å². The summed E-state index contributed by atoms with van der Waals surface area (Å²) in [6.07, 6.45) is 0. The number of carbonyl (C=O) groups is 1. The number of methoxy groups -OCH3 is 3. The first-order valence-electron chi connectivity index (χ1n) is 10.4. The summed E-state index contributed by atoms with van der Waals surface area (Å²) in [5.74, 6) is 0.862. The van der Waals surface area contributed by atoms with Gasteiger partial charge in [0, 0.05) is 10.2 Å². The van der Waals surface area contributed by atoms with E-state index in [-0.39, 0.29) is 16.8 Å². The van der Waals surface area contributed by atoms with E-state index in [1.807, 2.05) is 24.3 Å². The lowest BCUT2D eigenvalue weighted by Crippen LogP contribution is -2.29. The van der Waals surface area contributed by atoms with Gasteiger partial charge in [-0.05, 0) is 54.1 Å². The van der Waals surface area contributed by atoms with E-state index in [4.69, 9.17) is 18.6 Å². The topological polar surface area (TPSA) is 78.2 Å². The average molecular weight is 522 g/mol. The van der Waals surface area contributed by atoms with Gasteiger partial charge in [0.05, 0.1) is 38.3 Å². The summed E-state index contributed by atoms with van der Waals surface area (Å²) in [5, 5.41) is 0.407. The van der Waals surface area contributed by atoms with Gasteiger partial charge < -0.3 is 18.6 Å². The minimum absolute atomic E-state index is 0.0189. The molecule has 0 radical (unpaired) electrons. The first kappa shape index (κ1) is 22.0. The van der Waals surface area contributed by atoms with Crippen molar-refractivity contribution in [2.24, 2.45) is 0 Å². The molecule has 172 valence electrons. The molecule has 0 aliphatic carbocycles. The molecular formula is C26H20BrNO6. The zero-order chi connectivity index (χ0) is 24.0. The van der Waals surface area contributed by atoms with Gasteiger partial charge >= 0.3 is 0 Å². The molecule has 4 aromatic rings. The highest BCUT2D eigenvalue weighted by molar-refractivity contribution is 9.10. The Morgan fingerprint density at radius 2 is 1.53 bits per heavy atom. The minimum Gasteiger partial charge on any atom is -0.493 e. The van der Waals surface area contributed by atoms with Crippen LogP contribution in [0.5, 0.6) is 17.2 Å². The second-order valence-electron chi connectivity index (χ2n) is 7.68. The van der Waals surface area contributed by atoms with Crippen LogP contribution in [0, 0.1) is 0 Å². The molecule has 34 heavy (non-hydrogen) atoms. The van der Waals surface area contributed by atoms with E-state index >= 15 is 0 Å². The molecule has 2 heterocycles. The zero-order valence-corrected chi connectivity index (χ0v) is 20.2. The monoisotopic (exact) mass is 521 g/mol. The molecule has 3 aromatic carbocycles. The maximum atomic E-state index is 13.7. The third-order valence-electron chi connectivity index (χ3n) is 5.89. The van der Waals surface area contributed by atoms with Gasteiger partial charge in [0.2, 0.25) is 11.5 Å². The van der Waals surface area contributed by atoms with Gasteiger partial charge in [0.25, 0.3) is 5.91 Å². The summed E-state index contributed by atoms with van der Waals surface area (Å²) in [7, 11) is 4.55. The van der Waals surface area contributed by atoms with Crippen molar-refractivity contribution in [1.29, 1.82) is 0 Å². The molecule has 1 aromatic heterocycles. The fraction of sp³-hybridized carbons (Fsp3) is 0.154. The third-order valence-corrected chi connectivity index (χ3v) is 6.41. The van der Waals surface area contributed by atoms with Gasteiger partial charge in [0.15, 0.2) is 16.9 Å². The number of amides is 1. The maximum Gasteiger partial charge on any atom is 0.295 e. The number of ether oxygens (including phenoxy) is 3. The summed E-state index contributed by atoms with van der Waals surface area (Å²) in [5.41, 5.74) is 1.60. The molecule has 7 nitrogen and oxygen atoms in total. The van der Waals surface area contributed by atoms with Crippen LogP contribution in [0.2, 0.25) is 0 Å². The molecule has 1 atom stereocenters. The lowest BCUT2D eigenvalue weighted by Gasteiger charge is -2.26. The number of hydrogen-bond acceptors (Lipinski definition) is 6. The van der Waals surface area contributed by atoms with E-state index in [1.54, 1.807) is 41.3 Å². The maximum absolute atomic E-state index is 13.7. The second kappa shape index (κ2) is 8.53. The molecule has 5 rings (SSSR count). The fourth-order valence-corrected chi connectivity index (χ4v) is 4.63. The molecule has 1 amide bonds. The van der Waals surface area contributed by atoms with Crippen LogP contribution in [-0.4, -0.2) is 27.2 Å². The average Bonchev–Trinajstić information content (AvgIpc) is 3.16. The molecule has 0 saturated heterocycles. The van der Waals surface area contributed by atoms with Gasteiger partial charge in [-0.25, -0.2) is 0 Å². The molecular weight excluding hydrogens is 502 g/mol. The van der Waals surface area contributed by atoms with Gasteiger partial charge in [-0.15, -0.1) is 0 Å². The standard InChI is InChI=1S/C26H20BrNO6/c1-31-19-12-14(13-20(32-2)24(19)33-3)22-21-23(29)17-6-4-5-7-18(17)34-25(21)26(30)28(22)16-10-8-15(27)9-11-16/h4-13,22H,1-3H3. The Morgan fingerprint density at radius 1 is 0.882 bits per heavy atom. The summed E-state index contributed by atoms with van der Waals surface area (Å²) < 4.78 is 23.4. The van der Waals surface area contributed by atoms with Crippen LogP contribution in [0.1, 0.15) is 27.7 Å². The van der Waals surface area contributed by atoms with E-state index in [1.165, 1.54) is 21.3 Å². The van der Waals surface area contributed by atoms with E-state index in [0.717, 1.165) is 4.47 Å². The Kier molecular flexibility index (Phi) is 5.53. The number of halogens is 1. The lowest BCUT2D eigenvalue weighted by molar-refractivity contribution is 0.0971. The van der Waals surface area contributed by atoms with Crippen molar-refractivity contribution in [2.75, 3.05) is 26.2 Å². The van der Waals surface area contributed by atoms with Crippen molar-refractivity contribution in [3.8, 4) is 17.2 Å². The molecule has 0 fully saturated rings. The molecule has 1 unspecified atom stereocenters. The van der Waals surface area contributed by atoms with E-state index in [2.05, 4.69) is 15.9 Å². The number of anilines is 1. The number of fused-ring (bicyclic) bond motifs is 2. The first-order chi connectivity index (χ1) is 16.5. The largest absolute Gasteiger partial charge is 0.493 e. The summed E-state index contributed by atoms with van der Waals surface area (Å²) in [6.45, 7) is 0. The molecule has 8 heteroatoms. The SMILES string of the molecule is COc1cc(C2c3c(oc4ccccc4c3=O)C(=O)N2c2ccc(Br)cc2)cc(OC)c1OC. The van der Waals surface area contributed by atoms with Crippen molar-refractivity contribution >= 4 is 38.5 Å². The molecule has 0 N–H and O–H groups in total. The quantitative estimate of drug-likeness (QED) is 0.353. The van der Waals surface area contributed by atoms with Crippen LogP contribution < -0.4 is 24.5 Å². The Hall–Kier alpha value is -3.78. The Labute approximate surface area is 203 Å². The van der Waals surface area contributed by atoms with Crippen LogP contribution in [0.25, 0.3) is 11.0 Å². The Bertz CT molecular complexity index is 1450. The lowest BCUT2D eigenvalue weighted by atomic mass is 9.97.